The van der Waals surface area contributed by atoms with Gasteiger partial charge in [-0.1, -0.05) is 31.2 Å². The van der Waals surface area contributed by atoms with Gasteiger partial charge < -0.3 is 9.30 Å². The minimum Gasteiger partial charge on any atom is -0.343 e. The molecule has 1 saturated heterocycles. The molecule has 1 amide bonds. The van der Waals surface area contributed by atoms with E-state index in [2.05, 4.69) is 11.9 Å². The largest absolute Gasteiger partial charge is 0.343 e. The first-order chi connectivity index (χ1) is 13.1. The number of hydrogen-bond acceptors (Lipinski definition) is 2. The maximum atomic E-state index is 14.6. The Hall–Kier alpha value is -2.69. The van der Waals surface area contributed by atoms with E-state index < -0.39 is 0 Å². The molecule has 2 aromatic heterocycles. The van der Waals surface area contributed by atoms with Crippen LogP contribution in [0.15, 0.2) is 54.9 Å². The number of benzene rings is 1. The minimum absolute atomic E-state index is 0.0843. The molecule has 1 atom stereocenters. The lowest BCUT2D eigenvalue weighted by atomic mass is 9.91. The molecule has 1 aliphatic rings. The number of hydrogen-bond donors (Lipinski definition) is 0. The maximum Gasteiger partial charge on any atom is 0.223 e. The third kappa shape index (κ3) is 3.59. The molecule has 0 spiro atoms. The topological polar surface area (TPSA) is 37.6 Å². The van der Waals surface area contributed by atoms with E-state index in [9.17, 15) is 9.18 Å². The highest BCUT2D eigenvalue weighted by Gasteiger charge is 2.28. The number of aromatic nitrogens is 2. The molecule has 0 N–H and O–H groups in total. The van der Waals surface area contributed by atoms with Gasteiger partial charge in [-0.2, -0.15) is 0 Å². The summed E-state index contributed by atoms with van der Waals surface area (Å²) in [5, 5.41) is 0. The smallest absolute Gasteiger partial charge is 0.223 e. The highest BCUT2D eigenvalue weighted by molar-refractivity contribution is 5.78. The minimum atomic E-state index is -0.365. The summed E-state index contributed by atoms with van der Waals surface area (Å²) in [6.07, 6.45) is 5.99. The van der Waals surface area contributed by atoms with E-state index >= 15 is 0 Å². The van der Waals surface area contributed by atoms with Gasteiger partial charge in [0.25, 0.3) is 0 Å². The predicted octanol–water partition coefficient (Wildman–Crippen LogP) is 4.25. The second-order valence-electron chi connectivity index (χ2n) is 7.45. The SMILES string of the molecule is CC1CCN(C(=O)C[C@H](c2ccccc2F)c2cnc3ccccn23)CC1. The van der Waals surface area contributed by atoms with Gasteiger partial charge in [0.1, 0.15) is 11.5 Å². The van der Waals surface area contributed by atoms with E-state index in [1.165, 1.54) is 6.07 Å². The Morgan fingerprint density at radius 1 is 1.19 bits per heavy atom. The van der Waals surface area contributed by atoms with Gasteiger partial charge in [-0.3, -0.25) is 4.79 Å². The van der Waals surface area contributed by atoms with Crippen LogP contribution in [0, 0.1) is 11.7 Å². The summed E-state index contributed by atoms with van der Waals surface area (Å²) in [7, 11) is 0. The van der Waals surface area contributed by atoms with Crippen molar-refractivity contribution in [2.75, 3.05) is 13.1 Å². The van der Waals surface area contributed by atoms with Gasteiger partial charge in [0.05, 0.1) is 5.69 Å². The van der Waals surface area contributed by atoms with Crippen LogP contribution in [-0.2, 0) is 4.79 Å². The van der Waals surface area contributed by atoms with E-state index in [1.54, 1.807) is 18.3 Å². The molecule has 3 aromatic rings. The van der Waals surface area contributed by atoms with Gasteiger partial charge in [-0.25, -0.2) is 9.37 Å². The van der Waals surface area contributed by atoms with E-state index in [4.69, 9.17) is 0 Å². The third-order valence-electron chi connectivity index (χ3n) is 5.60. The van der Waals surface area contributed by atoms with Crippen molar-refractivity contribution in [3.63, 3.8) is 0 Å². The number of imidazole rings is 1. The number of halogens is 1. The summed E-state index contributed by atoms with van der Waals surface area (Å²) in [6, 6.07) is 12.5. The van der Waals surface area contributed by atoms with Crippen LogP contribution in [0.1, 0.15) is 43.4 Å². The molecule has 4 rings (SSSR count). The molecule has 0 aliphatic carbocycles. The Labute approximate surface area is 158 Å². The quantitative estimate of drug-likeness (QED) is 0.693. The molecule has 0 unspecified atom stereocenters. The van der Waals surface area contributed by atoms with E-state index in [1.807, 2.05) is 39.8 Å². The molecule has 3 heterocycles. The zero-order valence-corrected chi connectivity index (χ0v) is 15.5. The van der Waals surface area contributed by atoms with Crippen molar-refractivity contribution >= 4 is 11.6 Å². The van der Waals surface area contributed by atoms with Crippen LogP contribution < -0.4 is 0 Å². The second-order valence-corrected chi connectivity index (χ2v) is 7.45. The monoisotopic (exact) mass is 365 g/mol. The van der Waals surface area contributed by atoms with Gasteiger partial charge in [-0.15, -0.1) is 0 Å². The second kappa shape index (κ2) is 7.51. The summed E-state index contributed by atoms with van der Waals surface area (Å²) >= 11 is 0. The lowest BCUT2D eigenvalue weighted by molar-refractivity contribution is -0.132. The van der Waals surface area contributed by atoms with Crippen LogP contribution >= 0.6 is 0 Å². The van der Waals surface area contributed by atoms with Gasteiger partial charge in [-0.05, 0) is 42.5 Å². The summed E-state index contributed by atoms with van der Waals surface area (Å²) in [6.45, 7) is 3.80. The van der Waals surface area contributed by atoms with Crippen LogP contribution in [0.25, 0.3) is 5.65 Å². The molecule has 1 aliphatic heterocycles. The number of fused-ring (bicyclic) bond motifs is 1. The van der Waals surface area contributed by atoms with Crippen molar-refractivity contribution in [2.45, 2.75) is 32.1 Å². The molecule has 4 nitrogen and oxygen atoms in total. The fourth-order valence-corrected chi connectivity index (χ4v) is 3.90. The lowest BCUT2D eigenvalue weighted by Gasteiger charge is -2.31. The van der Waals surface area contributed by atoms with Crippen molar-refractivity contribution in [1.29, 1.82) is 0 Å². The van der Waals surface area contributed by atoms with Gasteiger partial charge in [0.2, 0.25) is 5.91 Å². The molecular weight excluding hydrogens is 341 g/mol. The highest BCUT2D eigenvalue weighted by atomic mass is 19.1. The Balaban J connectivity index is 1.69. The highest BCUT2D eigenvalue weighted by Crippen LogP contribution is 2.31. The van der Waals surface area contributed by atoms with Gasteiger partial charge >= 0.3 is 0 Å². The van der Waals surface area contributed by atoms with E-state index in [-0.39, 0.29) is 24.1 Å². The summed E-state index contributed by atoms with van der Waals surface area (Å²) in [5.41, 5.74) is 2.18. The first-order valence-electron chi connectivity index (χ1n) is 9.57. The zero-order valence-electron chi connectivity index (χ0n) is 15.5. The van der Waals surface area contributed by atoms with Crippen molar-refractivity contribution in [3.05, 3.63) is 71.9 Å². The molecule has 1 fully saturated rings. The van der Waals surface area contributed by atoms with Crippen LogP contribution in [0.2, 0.25) is 0 Å². The summed E-state index contributed by atoms with van der Waals surface area (Å²) in [5.74, 6) is 0.0973. The average Bonchev–Trinajstić information content (AvgIpc) is 3.11. The number of rotatable bonds is 4. The fourth-order valence-electron chi connectivity index (χ4n) is 3.90. The Morgan fingerprint density at radius 3 is 2.70 bits per heavy atom. The fraction of sp³-hybridized carbons (Fsp3) is 0.364. The van der Waals surface area contributed by atoms with Crippen LogP contribution in [0.4, 0.5) is 4.39 Å². The maximum absolute atomic E-state index is 14.6. The lowest BCUT2D eigenvalue weighted by Crippen LogP contribution is -2.38. The van der Waals surface area contributed by atoms with Crippen molar-refractivity contribution in [1.82, 2.24) is 14.3 Å². The number of pyridine rings is 1. The number of carbonyl (C=O) groups excluding carboxylic acids is 1. The van der Waals surface area contributed by atoms with E-state index in [0.29, 0.717) is 11.5 Å². The van der Waals surface area contributed by atoms with Crippen LogP contribution in [0.3, 0.4) is 0 Å². The normalized spacial score (nSPS) is 16.6. The summed E-state index contributed by atoms with van der Waals surface area (Å²) < 4.78 is 16.6. The molecule has 0 saturated carbocycles. The van der Waals surface area contributed by atoms with Crippen molar-refractivity contribution in [3.8, 4) is 0 Å². The van der Waals surface area contributed by atoms with Crippen LogP contribution in [-0.4, -0.2) is 33.3 Å². The number of amides is 1. The average molecular weight is 365 g/mol. The Morgan fingerprint density at radius 2 is 1.93 bits per heavy atom. The number of likely N-dealkylation sites (tertiary alicyclic amines) is 1. The number of piperidine rings is 1. The molecule has 27 heavy (non-hydrogen) atoms. The first-order valence-corrected chi connectivity index (χ1v) is 9.57. The molecular formula is C22H24FN3O. The number of carbonyl (C=O) groups is 1. The number of nitrogens with zero attached hydrogens (tertiary/aromatic N) is 3. The zero-order chi connectivity index (χ0) is 18.8. The van der Waals surface area contributed by atoms with Gasteiger partial charge in [0, 0.05) is 37.8 Å². The van der Waals surface area contributed by atoms with Crippen molar-refractivity contribution < 1.29 is 9.18 Å². The van der Waals surface area contributed by atoms with Crippen molar-refractivity contribution in [2.24, 2.45) is 5.92 Å². The van der Waals surface area contributed by atoms with Crippen LogP contribution in [0.5, 0.6) is 0 Å². The molecule has 1 aromatic carbocycles. The third-order valence-corrected chi connectivity index (χ3v) is 5.60. The predicted molar refractivity (Wildman–Crippen MR) is 103 cm³/mol. The van der Waals surface area contributed by atoms with Gasteiger partial charge in [0.15, 0.2) is 0 Å². The standard InChI is InChI=1S/C22H24FN3O/c1-16-9-12-25(13-10-16)22(27)14-18(17-6-2-3-7-19(17)23)20-15-24-21-8-4-5-11-26(20)21/h2-8,11,15-16,18H,9-10,12-14H2,1H3/t18-/m1/s1. The Kier molecular flexibility index (Phi) is 4.92. The van der Waals surface area contributed by atoms with E-state index in [0.717, 1.165) is 37.3 Å². The Bertz CT molecular complexity index is 943. The molecule has 5 heteroatoms. The first kappa shape index (κ1) is 17.7. The molecule has 0 radical (unpaired) electrons. The molecule has 140 valence electrons. The summed E-state index contributed by atoms with van der Waals surface area (Å²) in [4.78, 5) is 19.4. The molecule has 0 bridgehead atoms.